The summed E-state index contributed by atoms with van der Waals surface area (Å²) in [5.74, 6) is -6.42. The van der Waals surface area contributed by atoms with E-state index < -0.39 is 83.5 Å². The van der Waals surface area contributed by atoms with Gasteiger partial charge in [0.05, 0.1) is 44.7 Å². The van der Waals surface area contributed by atoms with Gasteiger partial charge in [-0.2, -0.15) is 0 Å². The Morgan fingerprint density at radius 1 is 0.724 bits per heavy atom. The minimum Gasteiger partial charge on any atom is -0.489 e. The first-order valence-corrected chi connectivity index (χ1v) is 18.1. The Labute approximate surface area is 333 Å². The molecule has 2 unspecified atom stereocenters. The van der Waals surface area contributed by atoms with Gasteiger partial charge in [-0.25, -0.2) is 14.4 Å². The SMILES string of the molecule is COC(=O)c1cccc(OC2CN(C(=O)c3ccccc3)[C@H](C(=O)OC)[C@H]2CC(=O)OC(C)(C)C)c1.O=C(O)C[C@H]1C(Oc2cccc(C(=O)O)c2)CN[C@@H]1C(=O)O. The molecule has 0 radical (unpaired) electrons. The Hall–Kier alpha value is -6.49. The predicted octanol–water partition coefficient (Wildman–Crippen LogP) is 3.55. The van der Waals surface area contributed by atoms with Crippen LogP contribution in [0.2, 0.25) is 0 Å². The molecule has 17 nitrogen and oxygen atoms in total. The van der Waals surface area contributed by atoms with Gasteiger partial charge < -0.3 is 49.2 Å². The fourth-order valence-electron chi connectivity index (χ4n) is 6.68. The third-order valence-corrected chi connectivity index (χ3v) is 9.17. The fourth-order valence-corrected chi connectivity index (χ4v) is 6.68. The zero-order chi connectivity index (χ0) is 42.7. The molecule has 2 aliphatic heterocycles. The third kappa shape index (κ3) is 11.8. The average molecular weight is 807 g/mol. The highest BCUT2D eigenvalue weighted by Crippen LogP contribution is 2.34. The molecule has 310 valence electrons. The smallest absolute Gasteiger partial charge is 0.337 e. The maximum atomic E-state index is 13.4. The van der Waals surface area contributed by atoms with Crippen molar-refractivity contribution in [2.75, 3.05) is 27.3 Å². The van der Waals surface area contributed by atoms with Gasteiger partial charge in [0.2, 0.25) is 0 Å². The monoisotopic (exact) mass is 806 g/mol. The highest BCUT2D eigenvalue weighted by atomic mass is 16.6. The third-order valence-electron chi connectivity index (χ3n) is 9.17. The van der Waals surface area contributed by atoms with Gasteiger partial charge in [-0.3, -0.25) is 19.2 Å². The van der Waals surface area contributed by atoms with Gasteiger partial charge in [0.25, 0.3) is 5.91 Å². The number of likely N-dealkylation sites (tertiary alicyclic amines) is 1. The summed E-state index contributed by atoms with van der Waals surface area (Å²) in [6, 6.07) is 18.5. The normalized spacial score (nSPS) is 21.1. The first kappa shape index (κ1) is 44.2. The maximum Gasteiger partial charge on any atom is 0.337 e. The molecule has 0 spiro atoms. The zero-order valence-electron chi connectivity index (χ0n) is 32.5. The number of hydrogen-bond donors (Lipinski definition) is 4. The molecule has 5 rings (SSSR count). The number of amides is 1. The van der Waals surface area contributed by atoms with Gasteiger partial charge in [-0.1, -0.05) is 30.3 Å². The summed E-state index contributed by atoms with van der Waals surface area (Å²) < 4.78 is 27.1. The lowest BCUT2D eigenvalue weighted by atomic mass is 9.93. The Bertz CT molecular complexity index is 1980. The van der Waals surface area contributed by atoms with E-state index in [0.29, 0.717) is 11.3 Å². The molecule has 3 aromatic carbocycles. The van der Waals surface area contributed by atoms with Crippen LogP contribution in [0.1, 0.15) is 64.7 Å². The Morgan fingerprint density at radius 2 is 1.31 bits per heavy atom. The van der Waals surface area contributed by atoms with Crippen LogP contribution in [0.5, 0.6) is 11.5 Å². The number of hydrogen-bond acceptors (Lipinski definition) is 13. The van der Waals surface area contributed by atoms with E-state index in [-0.39, 0.29) is 42.8 Å². The van der Waals surface area contributed by atoms with Crippen molar-refractivity contribution in [1.29, 1.82) is 0 Å². The second-order valence-corrected chi connectivity index (χ2v) is 14.4. The number of nitrogens with one attached hydrogen (secondary N) is 1. The summed E-state index contributed by atoms with van der Waals surface area (Å²) in [5, 5.41) is 29.7. The second-order valence-electron chi connectivity index (χ2n) is 14.4. The molecule has 0 aromatic heterocycles. The van der Waals surface area contributed by atoms with E-state index >= 15 is 0 Å². The highest BCUT2D eigenvalue weighted by molar-refractivity contribution is 5.97. The molecule has 2 heterocycles. The van der Waals surface area contributed by atoms with Crippen molar-refractivity contribution in [2.24, 2.45) is 11.8 Å². The standard InChI is InChI=1S/C27H31NO8.C14H15NO7/c1-27(2,3)36-22(29)15-20-21(35-19-13-9-12-18(14-19)25(31)33-4)16-28(23(20)26(32)34-5)24(30)17-10-7-6-8-11-17;16-11(17)5-9-10(6-15-12(9)14(20)21)22-8-3-1-2-7(4-8)13(18)19/h6-14,20-21,23H,15-16H2,1-5H3;1-4,9-10,12,15H,5-6H2,(H,16,17)(H,18,19)(H,20,21)/t20-,21?,23-;9-,10?,12-/m00/s1. The molecule has 58 heavy (non-hydrogen) atoms. The van der Waals surface area contributed by atoms with Gasteiger partial charge >= 0.3 is 35.8 Å². The minimum absolute atomic E-state index is 0.0173. The molecule has 0 saturated carbocycles. The summed E-state index contributed by atoms with van der Waals surface area (Å²) in [6.07, 6.45) is -1.96. The Balaban J connectivity index is 0.000000289. The van der Waals surface area contributed by atoms with Gasteiger partial charge in [-0.05, 0) is 69.3 Å². The summed E-state index contributed by atoms with van der Waals surface area (Å²) in [6.45, 7) is 5.42. The molecule has 17 heteroatoms. The summed E-state index contributed by atoms with van der Waals surface area (Å²) in [5.41, 5.74) is -0.0384. The number of nitrogens with zero attached hydrogens (tertiary/aromatic N) is 1. The fraction of sp³-hybridized carbons (Fsp3) is 0.390. The molecular weight excluding hydrogens is 760 g/mol. The second kappa shape index (κ2) is 19.6. The van der Waals surface area contributed by atoms with Gasteiger partial charge in [0, 0.05) is 23.9 Å². The van der Waals surface area contributed by atoms with E-state index in [1.54, 1.807) is 75.4 Å². The Morgan fingerprint density at radius 3 is 1.86 bits per heavy atom. The van der Waals surface area contributed by atoms with E-state index in [1.807, 2.05) is 0 Å². The van der Waals surface area contributed by atoms with E-state index in [1.165, 1.54) is 43.4 Å². The topological polar surface area (TPSA) is 242 Å². The molecule has 3 aromatic rings. The van der Waals surface area contributed by atoms with Gasteiger partial charge in [-0.15, -0.1) is 0 Å². The highest BCUT2D eigenvalue weighted by Gasteiger charge is 2.51. The number of carbonyl (C=O) groups excluding carboxylic acids is 4. The summed E-state index contributed by atoms with van der Waals surface area (Å²) >= 11 is 0. The largest absolute Gasteiger partial charge is 0.489 e. The van der Waals surface area contributed by atoms with Crippen LogP contribution in [-0.4, -0.2) is 119 Å². The van der Waals surface area contributed by atoms with Crippen molar-refractivity contribution in [2.45, 2.75) is 63.5 Å². The Kier molecular flexibility index (Phi) is 14.9. The van der Waals surface area contributed by atoms with Gasteiger partial charge in [0.1, 0.15) is 41.4 Å². The molecule has 0 bridgehead atoms. The number of aromatic carboxylic acids is 1. The number of rotatable bonds is 13. The minimum atomic E-state index is -1.14. The molecule has 2 saturated heterocycles. The molecule has 0 aliphatic carbocycles. The van der Waals surface area contributed by atoms with Crippen LogP contribution >= 0.6 is 0 Å². The van der Waals surface area contributed by atoms with Crippen LogP contribution in [0.25, 0.3) is 0 Å². The summed E-state index contributed by atoms with van der Waals surface area (Å²) in [7, 11) is 2.50. The van der Waals surface area contributed by atoms with Crippen molar-refractivity contribution in [3.05, 3.63) is 95.6 Å². The van der Waals surface area contributed by atoms with E-state index in [0.717, 1.165) is 0 Å². The number of aliphatic carboxylic acids is 2. The quantitative estimate of drug-likeness (QED) is 0.143. The number of ether oxygens (including phenoxy) is 5. The molecule has 4 N–H and O–H groups in total. The molecular formula is C41H46N2O15. The summed E-state index contributed by atoms with van der Waals surface area (Å²) in [4.78, 5) is 85.5. The predicted molar refractivity (Wildman–Crippen MR) is 202 cm³/mol. The number of carboxylic acid groups (broad SMARTS) is 3. The number of methoxy groups -OCH3 is 2. The molecule has 2 aliphatic rings. The van der Waals surface area contributed by atoms with Crippen LogP contribution in [0.15, 0.2) is 78.9 Å². The number of carboxylic acids is 3. The van der Waals surface area contributed by atoms with Crippen LogP contribution in [0, 0.1) is 11.8 Å². The lowest BCUT2D eigenvalue weighted by molar-refractivity contribution is -0.158. The molecule has 2 fully saturated rings. The van der Waals surface area contributed by atoms with Crippen molar-refractivity contribution >= 4 is 41.7 Å². The average Bonchev–Trinajstić information content (AvgIpc) is 3.73. The number of benzene rings is 3. The van der Waals surface area contributed by atoms with Crippen LogP contribution in [-0.2, 0) is 33.4 Å². The first-order valence-electron chi connectivity index (χ1n) is 18.1. The number of carbonyl (C=O) groups is 7. The number of esters is 3. The van der Waals surface area contributed by atoms with Crippen LogP contribution < -0.4 is 14.8 Å². The first-order chi connectivity index (χ1) is 27.4. The van der Waals surface area contributed by atoms with E-state index in [4.69, 9.17) is 39.0 Å². The van der Waals surface area contributed by atoms with E-state index in [9.17, 15) is 33.6 Å². The molecule has 6 atom stereocenters. The molecule has 1 amide bonds. The van der Waals surface area contributed by atoms with Crippen LogP contribution in [0.4, 0.5) is 0 Å². The van der Waals surface area contributed by atoms with E-state index in [2.05, 4.69) is 5.32 Å². The van der Waals surface area contributed by atoms with Gasteiger partial charge in [0.15, 0.2) is 0 Å². The lowest BCUT2D eigenvalue weighted by Crippen LogP contribution is -2.44. The zero-order valence-corrected chi connectivity index (χ0v) is 32.5. The van der Waals surface area contributed by atoms with Crippen molar-refractivity contribution < 1.29 is 72.6 Å². The van der Waals surface area contributed by atoms with Crippen molar-refractivity contribution in [3.8, 4) is 11.5 Å². The lowest BCUT2D eigenvalue weighted by Gasteiger charge is -2.27. The van der Waals surface area contributed by atoms with Crippen molar-refractivity contribution in [1.82, 2.24) is 10.2 Å². The maximum absolute atomic E-state index is 13.4. The van der Waals surface area contributed by atoms with Crippen molar-refractivity contribution in [3.63, 3.8) is 0 Å². The van der Waals surface area contributed by atoms with Crippen LogP contribution in [0.3, 0.4) is 0 Å².